The van der Waals surface area contributed by atoms with Crippen LogP contribution in [-0.2, 0) is 0 Å². The number of nitrogens with zero attached hydrogens (tertiary/aromatic N) is 3. The van der Waals surface area contributed by atoms with Crippen LogP contribution < -0.4 is 11.3 Å². The van der Waals surface area contributed by atoms with Crippen molar-refractivity contribution in [3.05, 3.63) is 17.7 Å². The van der Waals surface area contributed by atoms with Gasteiger partial charge in [-0.15, -0.1) is 0 Å². The van der Waals surface area contributed by atoms with Crippen LogP contribution in [0.5, 0.6) is 0 Å². The molecule has 0 aromatic carbocycles. The number of nitrogen functional groups attached to an aromatic ring is 1. The first-order valence-electron chi connectivity index (χ1n) is 6.76. The molecule has 3 N–H and O–H groups in total. The molecule has 7 heteroatoms. The van der Waals surface area contributed by atoms with Crippen molar-refractivity contribution in [2.75, 3.05) is 23.5 Å². The smallest absolute Gasteiger partial charge is 0.275 e. The van der Waals surface area contributed by atoms with Crippen molar-refractivity contribution in [2.24, 2.45) is 5.84 Å². The first-order chi connectivity index (χ1) is 9.54. The standard InChI is InChI=1S/C13H21N5OS/c1-8(2)12-15-6-10(17-14)11(16-12)13(19)18-4-5-20-7-9(18)3/h6,8-9,17H,4-5,7,14H2,1-3H3. The zero-order chi connectivity index (χ0) is 14.7. The highest BCUT2D eigenvalue weighted by Crippen LogP contribution is 2.22. The van der Waals surface area contributed by atoms with Gasteiger partial charge >= 0.3 is 0 Å². The van der Waals surface area contributed by atoms with Crippen LogP contribution >= 0.6 is 11.8 Å². The number of hydrogen-bond acceptors (Lipinski definition) is 6. The van der Waals surface area contributed by atoms with Crippen LogP contribution in [0.4, 0.5) is 5.69 Å². The Hall–Kier alpha value is -1.34. The molecule has 2 rings (SSSR count). The summed E-state index contributed by atoms with van der Waals surface area (Å²) >= 11 is 1.87. The third-order valence-corrected chi connectivity index (χ3v) is 4.50. The van der Waals surface area contributed by atoms with Gasteiger partial charge in [0.15, 0.2) is 5.69 Å². The van der Waals surface area contributed by atoms with Gasteiger partial charge in [-0.2, -0.15) is 11.8 Å². The predicted molar refractivity (Wildman–Crippen MR) is 81.8 cm³/mol. The van der Waals surface area contributed by atoms with Gasteiger partial charge in [-0.05, 0) is 6.92 Å². The summed E-state index contributed by atoms with van der Waals surface area (Å²) in [6.45, 7) is 6.80. The van der Waals surface area contributed by atoms with Crippen LogP contribution in [0.2, 0.25) is 0 Å². The summed E-state index contributed by atoms with van der Waals surface area (Å²) in [5, 5.41) is 0. The molecule has 6 nitrogen and oxygen atoms in total. The molecule has 1 aliphatic heterocycles. The zero-order valence-electron chi connectivity index (χ0n) is 12.1. The van der Waals surface area contributed by atoms with Crippen LogP contribution in [-0.4, -0.2) is 44.9 Å². The molecule has 1 aromatic heterocycles. The molecule has 1 amide bonds. The van der Waals surface area contributed by atoms with Gasteiger partial charge in [-0.3, -0.25) is 10.6 Å². The topological polar surface area (TPSA) is 84.1 Å². The molecular weight excluding hydrogens is 274 g/mol. The number of hydrazine groups is 1. The molecule has 1 aromatic rings. The fraction of sp³-hybridized carbons (Fsp3) is 0.615. The van der Waals surface area contributed by atoms with E-state index in [1.807, 2.05) is 30.5 Å². The van der Waals surface area contributed by atoms with Crippen LogP contribution in [0.25, 0.3) is 0 Å². The lowest BCUT2D eigenvalue weighted by molar-refractivity contribution is 0.0710. The Morgan fingerprint density at radius 2 is 2.35 bits per heavy atom. The quantitative estimate of drug-likeness (QED) is 0.649. The SMILES string of the molecule is CC(C)c1ncc(NN)c(C(=O)N2CCSCC2C)n1. The minimum absolute atomic E-state index is 0.0740. The minimum Gasteiger partial charge on any atom is -0.333 e. The van der Waals surface area contributed by atoms with E-state index >= 15 is 0 Å². The van der Waals surface area contributed by atoms with Crippen molar-refractivity contribution >= 4 is 23.4 Å². The molecule has 1 saturated heterocycles. The highest BCUT2D eigenvalue weighted by molar-refractivity contribution is 7.99. The van der Waals surface area contributed by atoms with E-state index in [2.05, 4.69) is 22.3 Å². The van der Waals surface area contributed by atoms with Crippen molar-refractivity contribution in [3.63, 3.8) is 0 Å². The van der Waals surface area contributed by atoms with Crippen molar-refractivity contribution in [2.45, 2.75) is 32.7 Å². The summed E-state index contributed by atoms with van der Waals surface area (Å²) in [5.74, 6) is 8.15. The Balaban J connectivity index is 2.33. The maximum Gasteiger partial charge on any atom is 0.275 e. The first-order valence-corrected chi connectivity index (χ1v) is 7.92. The Kier molecular flexibility index (Phi) is 4.82. The highest BCUT2D eigenvalue weighted by atomic mass is 32.2. The van der Waals surface area contributed by atoms with E-state index in [1.165, 1.54) is 0 Å². The third kappa shape index (κ3) is 3.04. The Morgan fingerprint density at radius 3 is 2.95 bits per heavy atom. The fourth-order valence-corrected chi connectivity index (χ4v) is 3.12. The van der Waals surface area contributed by atoms with Crippen LogP contribution in [0.15, 0.2) is 6.20 Å². The Bertz CT molecular complexity index is 494. The number of aromatic nitrogens is 2. The molecule has 20 heavy (non-hydrogen) atoms. The number of nitrogens with one attached hydrogen (secondary N) is 1. The number of thioether (sulfide) groups is 1. The molecule has 1 unspecified atom stereocenters. The van der Waals surface area contributed by atoms with Crippen LogP contribution in [0.1, 0.15) is 43.0 Å². The van der Waals surface area contributed by atoms with Gasteiger partial charge in [-0.25, -0.2) is 9.97 Å². The van der Waals surface area contributed by atoms with Crippen molar-refractivity contribution in [1.29, 1.82) is 0 Å². The van der Waals surface area contributed by atoms with Crippen molar-refractivity contribution in [3.8, 4) is 0 Å². The average molecular weight is 295 g/mol. The Morgan fingerprint density at radius 1 is 1.60 bits per heavy atom. The lowest BCUT2D eigenvalue weighted by atomic mass is 10.2. The molecule has 0 spiro atoms. The molecule has 1 atom stereocenters. The van der Waals surface area contributed by atoms with Crippen molar-refractivity contribution in [1.82, 2.24) is 14.9 Å². The van der Waals surface area contributed by atoms with E-state index in [0.717, 1.165) is 18.1 Å². The van der Waals surface area contributed by atoms with E-state index in [-0.39, 0.29) is 17.9 Å². The van der Waals surface area contributed by atoms with Crippen LogP contribution in [0, 0.1) is 0 Å². The summed E-state index contributed by atoms with van der Waals surface area (Å²) in [7, 11) is 0. The summed E-state index contributed by atoms with van der Waals surface area (Å²) in [6, 6.07) is 0.212. The molecule has 1 aliphatic rings. The monoisotopic (exact) mass is 295 g/mol. The molecule has 0 bridgehead atoms. The largest absolute Gasteiger partial charge is 0.333 e. The van der Waals surface area contributed by atoms with E-state index in [0.29, 0.717) is 17.2 Å². The summed E-state index contributed by atoms with van der Waals surface area (Å²) in [5.41, 5.74) is 3.36. The number of carbonyl (C=O) groups excluding carboxylic acids is 1. The Labute approximate surface area is 123 Å². The van der Waals surface area contributed by atoms with Crippen LogP contribution in [0.3, 0.4) is 0 Å². The van der Waals surface area contributed by atoms with E-state index < -0.39 is 0 Å². The van der Waals surface area contributed by atoms with E-state index in [1.54, 1.807) is 6.20 Å². The number of carbonyl (C=O) groups is 1. The molecule has 0 radical (unpaired) electrons. The fourth-order valence-electron chi connectivity index (χ4n) is 2.11. The number of hydrogen-bond donors (Lipinski definition) is 2. The molecular formula is C13H21N5OS. The predicted octanol–water partition coefficient (Wildman–Crippen LogP) is 1.46. The summed E-state index contributed by atoms with van der Waals surface area (Å²) in [4.78, 5) is 23.2. The van der Waals surface area contributed by atoms with Gasteiger partial charge in [0.1, 0.15) is 5.82 Å². The van der Waals surface area contributed by atoms with E-state index in [4.69, 9.17) is 5.84 Å². The molecule has 110 valence electrons. The molecule has 0 saturated carbocycles. The lowest BCUT2D eigenvalue weighted by Gasteiger charge is -2.33. The van der Waals surface area contributed by atoms with E-state index in [9.17, 15) is 4.79 Å². The number of amides is 1. The molecule has 1 fully saturated rings. The van der Waals surface area contributed by atoms with Gasteiger partial charge in [0.05, 0.1) is 11.9 Å². The maximum absolute atomic E-state index is 12.7. The lowest BCUT2D eigenvalue weighted by Crippen LogP contribution is -2.45. The average Bonchev–Trinajstić information content (AvgIpc) is 2.46. The maximum atomic E-state index is 12.7. The van der Waals surface area contributed by atoms with Gasteiger partial charge in [-0.1, -0.05) is 13.8 Å². The van der Waals surface area contributed by atoms with Gasteiger partial charge < -0.3 is 10.3 Å². The number of anilines is 1. The summed E-state index contributed by atoms with van der Waals surface area (Å²) < 4.78 is 0. The molecule has 0 aliphatic carbocycles. The summed E-state index contributed by atoms with van der Waals surface area (Å²) in [6.07, 6.45) is 1.58. The second-order valence-corrected chi connectivity index (χ2v) is 6.36. The van der Waals surface area contributed by atoms with Gasteiger partial charge in [0.25, 0.3) is 5.91 Å². The second kappa shape index (κ2) is 6.41. The highest BCUT2D eigenvalue weighted by Gasteiger charge is 2.27. The zero-order valence-corrected chi connectivity index (χ0v) is 12.9. The van der Waals surface area contributed by atoms with Gasteiger partial charge in [0.2, 0.25) is 0 Å². The normalized spacial score (nSPS) is 19.2. The van der Waals surface area contributed by atoms with Gasteiger partial charge in [0, 0.05) is 30.0 Å². The second-order valence-electron chi connectivity index (χ2n) is 5.21. The first kappa shape index (κ1) is 15.1. The van der Waals surface area contributed by atoms with Crippen molar-refractivity contribution < 1.29 is 4.79 Å². The molecule has 2 heterocycles. The number of nitrogens with two attached hydrogens (primary N) is 1. The number of rotatable bonds is 3. The third-order valence-electron chi connectivity index (χ3n) is 3.31. The minimum atomic E-state index is -0.0740.